The van der Waals surface area contributed by atoms with E-state index < -0.39 is 0 Å². The average Bonchev–Trinajstić information content (AvgIpc) is 2.98. The van der Waals surface area contributed by atoms with Crippen LogP contribution in [0.3, 0.4) is 0 Å². The summed E-state index contributed by atoms with van der Waals surface area (Å²) in [5.74, 6) is 2.17. The molecule has 0 saturated carbocycles. The van der Waals surface area contributed by atoms with Crippen LogP contribution in [0.15, 0.2) is 16.5 Å². The van der Waals surface area contributed by atoms with Gasteiger partial charge in [-0.1, -0.05) is 45.4 Å². The van der Waals surface area contributed by atoms with Crippen LogP contribution in [0.2, 0.25) is 0 Å². The molecular formula is C19H32O3. The molecule has 1 heterocycles. The zero-order valence-corrected chi connectivity index (χ0v) is 14.4. The Bertz CT molecular complexity index is 395. The Hall–Kier alpha value is -1.25. The van der Waals surface area contributed by atoms with Crippen molar-refractivity contribution in [2.24, 2.45) is 0 Å². The Morgan fingerprint density at radius 2 is 1.45 bits per heavy atom. The molecule has 0 aromatic carbocycles. The molecule has 0 amide bonds. The number of hydrogen-bond acceptors (Lipinski definition) is 3. The Kier molecular flexibility index (Phi) is 10.5. The van der Waals surface area contributed by atoms with Crippen LogP contribution in [0, 0.1) is 0 Å². The summed E-state index contributed by atoms with van der Waals surface area (Å²) in [6, 6.07) is 4.27. The largest absolute Gasteiger partial charge is 0.469 e. The van der Waals surface area contributed by atoms with Gasteiger partial charge in [0.25, 0.3) is 0 Å². The maximum Gasteiger partial charge on any atom is 0.305 e. The predicted octanol–water partition coefficient (Wildman–Crippen LogP) is 5.46. The minimum atomic E-state index is -0.0953. The fourth-order valence-electron chi connectivity index (χ4n) is 2.62. The normalized spacial score (nSPS) is 10.8. The highest BCUT2D eigenvalue weighted by molar-refractivity contribution is 5.68. The predicted molar refractivity (Wildman–Crippen MR) is 90.0 cm³/mol. The first kappa shape index (κ1) is 18.8. The lowest BCUT2D eigenvalue weighted by molar-refractivity contribution is -0.140. The first-order valence-electron chi connectivity index (χ1n) is 8.90. The van der Waals surface area contributed by atoms with Gasteiger partial charge in [-0.15, -0.1) is 0 Å². The van der Waals surface area contributed by atoms with Crippen molar-refractivity contribution in [3.05, 3.63) is 23.7 Å². The van der Waals surface area contributed by atoms with E-state index in [1.54, 1.807) is 0 Å². The molecule has 0 radical (unpaired) electrons. The number of unbranched alkanes of at least 4 members (excludes halogenated alkanes) is 7. The van der Waals surface area contributed by atoms with E-state index in [0.29, 0.717) is 6.42 Å². The summed E-state index contributed by atoms with van der Waals surface area (Å²) in [6.45, 7) is 2.24. The summed E-state index contributed by atoms with van der Waals surface area (Å²) in [5, 5.41) is 0. The summed E-state index contributed by atoms with van der Waals surface area (Å²) >= 11 is 0. The highest BCUT2D eigenvalue weighted by atomic mass is 16.5. The van der Waals surface area contributed by atoms with Crippen molar-refractivity contribution in [1.82, 2.24) is 0 Å². The molecule has 0 unspecified atom stereocenters. The molecule has 0 N–H and O–H groups in total. The van der Waals surface area contributed by atoms with Gasteiger partial charge in [-0.25, -0.2) is 0 Å². The number of esters is 1. The molecule has 0 aliphatic rings. The molecule has 0 spiro atoms. The highest BCUT2D eigenvalue weighted by Crippen LogP contribution is 2.15. The van der Waals surface area contributed by atoms with E-state index in [1.807, 2.05) is 0 Å². The number of ether oxygens (including phenoxy) is 1. The number of rotatable bonds is 13. The second kappa shape index (κ2) is 12.3. The van der Waals surface area contributed by atoms with Gasteiger partial charge in [0.1, 0.15) is 11.5 Å². The van der Waals surface area contributed by atoms with Crippen LogP contribution in [-0.4, -0.2) is 13.1 Å². The van der Waals surface area contributed by atoms with Crippen LogP contribution in [0.4, 0.5) is 0 Å². The Morgan fingerprint density at radius 3 is 2.05 bits per heavy atom. The number of carbonyl (C=O) groups excluding carboxylic acids is 1. The van der Waals surface area contributed by atoms with Gasteiger partial charge in [0.15, 0.2) is 0 Å². The van der Waals surface area contributed by atoms with Crippen LogP contribution in [0.5, 0.6) is 0 Å². The van der Waals surface area contributed by atoms with E-state index in [4.69, 9.17) is 4.42 Å². The molecule has 1 rings (SSSR count). The molecular weight excluding hydrogens is 276 g/mol. The molecule has 0 atom stereocenters. The minimum absolute atomic E-state index is 0.0953. The van der Waals surface area contributed by atoms with E-state index >= 15 is 0 Å². The molecule has 22 heavy (non-hydrogen) atoms. The summed E-state index contributed by atoms with van der Waals surface area (Å²) in [5.41, 5.74) is 0. The van der Waals surface area contributed by atoms with Crippen LogP contribution < -0.4 is 0 Å². The quantitative estimate of drug-likeness (QED) is 0.359. The number of aryl methyl sites for hydroxylation is 2. The first-order chi connectivity index (χ1) is 10.8. The minimum Gasteiger partial charge on any atom is -0.469 e. The average molecular weight is 308 g/mol. The molecule has 126 valence electrons. The lowest BCUT2D eigenvalue weighted by Crippen LogP contribution is -1.99. The molecule has 3 heteroatoms. The van der Waals surface area contributed by atoms with Gasteiger partial charge in [0.05, 0.1) is 7.11 Å². The summed E-state index contributed by atoms with van der Waals surface area (Å²) < 4.78 is 10.5. The zero-order chi connectivity index (χ0) is 16.0. The molecule has 0 aliphatic heterocycles. The van der Waals surface area contributed by atoms with E-state index in [1.165, 1.54) is 52.1 Å². The standard InChI is InChI=1S/C19H32O3/c1-3-4-5-9-12-17-15-16-18(22-17)13-10-7-6-8-11-14-19(20)21-2/h15-16H,3-14H2,1-2H3. The number of furan rings is 1. The second-order valence-corrected chi connectivity index (χ2v) is 6.02. The Labute approximate surface area is 135 Å². The highest BCUT2D eigenvalue weighted by Gasteiger charge is 2.03. The van der Waals surface area contributed by atoms with Crippen molar-refractivity contribution >= 4 is 5.97 Å². The van der Waals surface area contributed by atoms with Crippen LogP contribution >= 0.6 is 0 Å². The topological polar surface area (TPSA) is 39.4 Å². The van der Waals surface area contributed by atoms with Crippen molar-refractivity contribution in [1.29, 1.82) is 0 Å². The maximum absolute atomic E-state index is 11.0. The van der Waals surface area contributed by atoms with E-state index in [9.17, 15) is 4.79 Å². The summed E-state index contributed by atoms with van der Waals surface area (Å²) in [7, 11) is 1.45. The molecule has 1 aromatic rings. The molecule has 0 saturated heterocycles. The van der Waals surface area contributed by atoms with Gasteiger partial charge in [0, 0.05) is 19.3 Å². The molecule has 1 aromatic heterocycles. The van der Waals surface area contributed by atoms with Gasteiger partial charge in [0.2, 0.25) is 0 Å². The summed E-state index contributed by atoms with van der Waals surface area (Å²) in [6.07, 6.45) is 13.4. The van der Waals surface area contributed by atoms with Gasteiger partial charge in [-0.3, -0.25) is 4.79 Å². The van der Waals surface area contributed by atoms with E-state index in [2.05, 4.69) is 23.8 Å². The van der Waals surface area contributed by atoms with Crippen molar-refractivity contribution in [3.8, 4) is 0 Å². The lowest BCUT2D eigenvalue weighted by atomic mass is 10.1. The van der Waals surface area contributed by atoms with Crippen LogP contribution in [-0.2, 0) is 22.4 Å². The Morgan fingerprint density at radius 1 is 0.909 bits per heavy atom. The second-order valence-electron chi connectivity index (χ2n) is 6.02. The third-order valence-corrected chi connectivity index (χ3v) is 4.03. The van der Waals surface area contributed by atoms with Gasteiger partial charge >= 0.3 is 5.97 Å². The number of carbonyl (C=O) groups is 1. The molecule has 3 nitrogen and oxygen atoms in total. The fourth-order valence-corrected chi connectivity index (χ4v) is 2.62. The number of hydrogen-bond donors (Lipinski definition) is 0. The SMILES string of the molecule is CCCCCCc1ccc(CCCCCCCC(=O)OC)o1. The van der Waals surface area contributed by atoms with Crippen molar-refractivity contribution < 1.29 is 13.9 Å². The van der Waals surface area contributed by atoms with Crippen molar-refractivity contribution in [3.63, 3.8) is 0 Å². The Balaban J connectivity index is 2.01. The maximum atomic E-state index is 11.0. The molecule has 0 fully saturated rings. The third-order valence-electron chi connectivity index (χ3n) is 4.03. The van der Waals surface area contributed by atoms with Crippen molar-refractivity contribution in [2.45, 2.75) is 84.0 Å². The van der Waals surface area contributed by atoms with Crippen LogP contribution in [0.25, 0.3) is 0 Å². The molecule has 0 aliphatic carbocycles. The zero-order valence-electron chi connectivity index (χ0n) is 14.4. The lowest BCUT2D eigenvalue weighted by Gasteiger charge is -2.01. The third kappa shape index (κ3) is 8.91. The van der Waals surface area contributed by atoms with Gasteiger partial charge in [-0.05, 0) is 31.4 Å². The van der Waals surface area contributed by atoms with E-state index in [-0.39, 0.29) is 5.97 Å². The number of methoxy groups -OCH3 is 1. The fraction of sp³-hybridized carbons (Fsp3) is 0.737. The smallest absolute Gasteiger partial charge is 0.305 e. The monoisotopic (exact) mass is 308 g/mol. The van der Waals surface area contributed by atoms with Crippen molar-refractivity contribution in [2.75, 3.05) is 7.11 Å². The molecule has 0 bridgehead atoms. The van der Waals surface area contributed by atoms with Gasteiger partial charge < -0.3 is 9.15 Å². The first-order valence-corrected chi connectivity index (χ1v) is 8.90. The summed E-state index contributed by atoms with van der Waals surface area (Å²) in [4.78, 5) is 11.0. The van der Waals surface area contributed by atoms with Crippen LogP contribution in [0.1, 0.15) is 82.7 Å². The van der Waals surface area contributed by atoms with Gasteiger partial charge in [-0.2, -0.15) is 0 Å². The van der Waals surface area contributed by atoms with E-state index in [0.717, 1.165) is 37.2 Å².